The van der Waals surface area contributed by atoms with E-state index in [2.05, 4.69) is 26.2 Å². The predicted molar refractivity (Wildman–Crippen MR) is 101 cm³/mol. The van der Waals surface area contributed by atoms with Gasteiger partial charge in [-0.1, -0.05) is 6.42 Å². The van der Waals surface area contributed by atoms with Gasteiger partial charge in [-0.3, -0.25) is 0 Å². The van der Waals surface area contributed by atoms with E-state index in [1.54, 1.807) is 7.11 Å². The molecule has 0 bridgehead atoms. The van der Waals surface area contributed by atoms with Crippen LogP contribution in [0.3, 0.4) is 0 Å². The third kappa shape index (κ3) is 10.7. The maximum absolute atomic E-state index is 6.67. The standard InChI is InChI=1S/C17H38O4Si2/c1-18-13-14-19-11-8-16-23(4,5)21-22(2,3)15-7-10-17-9-6-12-20-17/h17H,6-16H2,1-5H3. The Bertz CT molecular complexity index is 305. The van der Waals surface area contributed by atoms with E-state index in [-0.39, 0.29) is 0 Å². The molecule has 138 valence electrons. The molecule has 1 aliphatic heterocycles. The van der Waals surface area contributed by atoms with Crippen molar-refractivity contribution in [3.8, 4) is 0 Å². The lowest BCUT2D eigenvalue weighted by molar-refractivity contribution is 0.0707. The molecule has 1 saturated heterocycles. The van der Waals surface area contributed by atoms with Crippen LogP contribution in [-0.4, -0.2) is 56.3 Å². The van der Waals surface area contributed by atoms with E-state index in [4.69, 9.17) is 18.3 Å². The van der Waals surface area contributed by atoms with Crippen LogP contribution in [0.1, 0.15) is 32.1 Å². The summed E-state index contributed by atoms with van der Waals surface area (Å²) >= 11 is 0. The zero-order valence-electron chi connectivity index (χ0n) is 16.0. The Kier molecular flexibility index (Phi) is 10.2. The Hall–Kier alpha value is 0.274. The van der Waals surface area contributed by atoms with E-state index in [9.17, 15) is 0 Å². The van der Waals surface area contributed by atoms with Gasteiger partial charge in [-0.05, 0) is 64.0 Å². The Morgan fingerprint density at radius 1 is 0.957 bits per heavy atom. The first kappa shape index (κ1) is 21.3. The number of hydrogen-bond donors (Lipinski definition) is 0. The topological polar surface area (TPSA) is 36.9 Å². The first-order chi connectivity index (χ1) is 10.8. The Morgan fingerprint density at radius 3 is 2.26 bits per heavy atom. The van der Waals surface area contributed by atoms with Crippen LogP contribution in [-0.2, 0) is 18.3 Å². The van der Waals surface area contributed by atoms with Gasteiger partial charge in [-0.25, -0.2) is 0 Å². The Labute approximate surface area is 145 Å². The maximum atomic E-state index is 6.67. The molecule has 0 aromatic heterocycles. The summed E-state index contributed by atoms with van der Waals surface area (Å²) in [6.07, 6.45) is 6.60. The van der Waals surface area contributed by atoms with Crippen molar-refractivity contribution in [3.05, 3.63) is 0 Å². The third-order valence-electron chi connectivity index (χ3n) is 4.38. The highest BCUT2D eigenvalue weighted by Gasteiger charge is 2.32. The zero-order chi connectivity index (χ0) is 17.2. The minimum Gasteiger partial charge on any atom is -0.455 e. The predicted octanol–water partition coefficient (Wildman–Crippen LogP) is 4.43. The zero-order valence-corrected chi connectivity index (χ0v) is 18.0. The van der Waals surface area contributed by atoms with Crippen LogP contribution < -0.4 is 0 Å². The lowest BCUT2D eigenvalue weighted by Crippen LogP contribution is -2.44. The fourth-order valence-corrected chi connectivity index (χ4v) is 12.2. The van der Waals surface area contributed by atoms with E-state index in [0.717, 1.165) is 19.6 Å². The van der Waals surface area contributed by atoms with Crippen molar-refractivity contribution < 1.29 is 18.3 Å². The minimum absolute atomic E-state index is 0.523. The van der Waals surface area contributed by atoms with Gasteiger partial charge in [-0.15, -0.1) is 0 Å². The molecule has 0 aromatic carbocycles. The molecule has 0 saturated carbocycles. The molecule has 1 fully saturated rings. The summed E-state index contributed by atoms with van der Waals surface area (Å²) < 4.78 is 22.9. The lowest BCUT2D eigenvalue weighted by Gasteiger charge is -2.34. The van der Waals surface area contributed by atoms with E-state index >= 15 is 0 Å². The first-order valence-corrected chi connectivity index (χ1v) is 15.5. The van der Waals surface area contributed by atoms with Gasteiger partial charge in [0.15, 0.2) is 16.6 Å². The van der Waals surface area contributed by atoms with Crippen LogP contribution in [0.5, 0.6) is 0 Å². The molecule has 0 N–H and O–H groups in total. The molecule has 23 heavy (non-hydrogen) atoms. The number of hydrogen-bond acceptors (Lipinski definition) is 4. The largest absolute Gasteiger partial charge is 0.455 e. The van der Waals surface area contributed by atoms with Gasteiger partial charge in [0, 0.05) is 20.3 Å². The summed E-state index contributed by atoms with van der Waals surface area (Å²) in [5.41, 5.74) is 0. The first-order valence-electron chi connectivity index (χ1n) is 9.23. The molecule has 6 heteroatoms. The van der Waals surface area contributed by atoms with Gasteiger partial charge >= 0.3 is 0 Å². The molecular formula is C17H38O4Si2. The van der Waals surface area contributed by atoms with Gasteiger partial charge in [0.1, 0.15) is 0 Å². The number of rotatable bonds is 13. The summed E-state index contributed by atoms with van der Waals surface area (Å²) in [4.78, 5) is 0. The van der Waals surface area contributed by atoms with Crippen molar-refractivity contribution in [1.82, 2.24) is 0 Å². The molecule has 0 amide bonds. The maximum Gasteiger partial charge on any atom is 0.173 e. The quantitative estimate of drug-likeness (QED) is 0.359. The molecule has 0 spiro atoms. The van der Waals surface area contributed by atoms with Crippen molar-refractivity contribution >= 4 is 16.6 Å². The summed E-state index contributed by atoms with van der Waals surface area (Å²) in [7, 11) is -1.41. The fourth-order valence-electron chi connectivity index (χ4n) is 3.32. The third-order valence-corrected chi connectivity index (χ3v) is 11.9. The molecule has 4 nitrogen and oxygen atoms in total. The van der Waals surface area contributed by atoms with Gasteiger partial charge in [0.05, 0.1) is 19.3 Å². The second-order valence-corrected chi connectivity index (χ2v) is 16.7. The molecule has 0 aromatic rings. The van der Waals surface area contributed by atoms with Crippen LogP contribution in [0.2, 0.25) is 38.3 Å². The molecule has 1 rings (SSSR count). The highest BCUT2D eigenvalue weighted by molar-refractivity contribution is 6.84. The van der Waals surface area contributed by atoms with Crippen molar-refractivity contribution in [1.29, 1.82) is 0 Å². The summed E-state index contributed by atoms with van der Waals surface area (Å²) in [6, 6.07) is 2.44. The second kappa shape index (κ2) is 11.0. The molecule has 0 radical (unpaired) electrons. The average molecular weight is 363 g/mol. The van der Waals surface area contributed by atoms with Gasteiger partial charge < -0.3 is 18.3 Å². The van der Waals surface area contributed by atoms with Gasteiger partial charge in [0.2, 0.25) is 0 Å². The van der Waals surface area contributed by atoms with Crippen LogP contribution >= 0.6 is 0 Å². The fraction of sp³-hybridized carbons (Fsp3) is 1.00. The Morgan fingerprint density at radius 2 is 1.65 bits per heavy atom. The molecular weight excluding hydrogens is 324 g/mol. The Balaban J connectivity index is 2.16. The highest BCUT2D eigenvalue weighted by Crippen LogP contribution is 2.26. The SMILES string of the molecule is COCCOCCC[Si](C)(C)O[Si](C)(C)CCCC1CCCO1. The monoisotopic (exact) mass is 362 g/mol. The van der Waals surface area contributed by atoms with Crippen LogP contribution in [0.25, 0.3) is 0 Å². The normalized spacial score (nSPS) is 19.4. The second-order valence-electron chi connectivity index (χ2n) is 7.86. The highest BCUT2D eigenvalue weighted by atomic mass is 28.4. The van der Waals surface area contributed by atoms with E-state index in [0.29, 0.717) is 19.3 Å². The van der Waals surface area contributed by atoms with Crippen molar-refractivity contribution in [2.24, 2.45) is 0 Å². The van der Waals surface area contributed by atoms with Crippen LogP contribution in [0.15, 0.2) is 0 Å². The molecule has 1 heterocycles. The van der Waals surface area contributed by atoms with E-state index < -0.39 is 16.6 Å². The lowest BCUT2D eigenvalue weighted by atomic mass is 10.1. The van der Waals surface area contributed by atoms with Crippen molar-refractivity contribution in [2.75, 3.05) is 33.5 Å². The average Bonchev–Trinajstić information content (AvgIpc) is 2.94. The van der Waals surface area contributed by atoms with Gasteiger partial charge in [0.25, 0.3) is 0 Å². The number of ether oxygens (including phenoxy) is 3. The molecule has 1 aliphatic rings. The molecule has 0 aliphatic carbocycles. The summed E-state index contributed by atoms with van der Waals surface area (Å²) in [6.45, 7) is 12.6. The number of methoxy groups -OCH3 is 1. The van der Waals surface area contributed by atoms with Crippen molar-refractivity contribution in [3.63, 3.8) is 0 Å². The summed E-state index contributed by atoms with van der Waals surface area (Å²) in [5.74, 6) is 0. The van der Waals surface area contributed by atoms with E-state index in [1.807, 2.05) is 0 Å². The van der Waals surface area contributed by atoms with Crippen LogP contribution in [0.4, 0.5) is 0 Å². The molecule has 1 atom stereocenters. The summed E-state index contributed by atoms with van der Waals surface area (Å²) in [5, 5.41) is 0. The smallest absolute Gasteiger partial charge is 0.173 e. The van der Waals surface area contributed by atoms with E-state index in [1.165, 1.54) is 37.8 Å². The van der Waals surface area contributed by atoms with Crippen molar-refractivity contribution in [2.45, 2.75) is 76.5 Å². The van der Waals surface area contributed by atoms with Crippen LogP contribution in [0, 0.1) is 0 Å². The minimum atomic E-state index is -1.57. The molecule has 1 unspecified atom stereocenters. The van der Waals surface area contributed by atoms with Gasteiger partial charge in [-0.2, -0.15) is 0 Å².